The molecule has 0 aliphatic heterocycles. The first-order chi connectivity index (χ1) is 22.5. The minimum atomic E-state index is -4.99. The number of sulfone groups is 1. The van der Waals surface area contributed by atoms with Gasteiger partial charge in [-0.25, -0.2) is 45.0 Å². The Morgan fingerprint density at radius 3 is 2.15 bits per heavy atom. The number of halogens is 6. The van der Waals surface area contributed by atoms with Gasteiger partial charge in [-0.05, 0) is 68.9 Å². The molecule has 2 saturated carbocycles. The second-order valence-corrected chi connectivity index (χ2v) is 16.8. The average molecular weight is 732 g/mol. The molecule has 0 spiro atoms. The van der Waals surface area contributed by atoms with E-state index in [2.05, 4.69) is 20.3 Å². The van der Waals surface area contributed by atoms with Gasteiger partial charge in [-0.1, -0.05) is 12.1 Å². The van der Waals surface area contributed by atoms with Crippen LogP contribution in [0.3, 0.4) is 0 Å². The summed E-state index contributed by atoms with van der Waals surface area (Å²) in [7, 11) is -8.18. The first-order valence-corrected chi connectivity index (χ1v) is 18.9. The van der Waals surface area contributed by atoms with Crippen molar-refractivity contribution in [3.63, 3.8) is 0 Å². The maximum atomic E-state index is 16.1. The normalized spacial score (nSPS) is 19.6. The Kier molecular flexibility index (Phi) is 8.73. The maximum Gasteiger partial charge on any atom is 0.400 e. The summed E-state index contributed by atoms with van der Waals surface area (Å²) in [6, 6.07) is 7.02. The molecule has 2 fully saturated rings. The van der Waals surface area contributed by atoms with Gasteiger partial charge < -0.3 is 5.32 Å². The van der Waals surface area contributed by atoms with Crippen molar-refractivity contribution in [1.82, 2.24) is 15.0 Å². The van der Waals surface area contributed by atoms with Crippen LogP contribution in [0.25, 0.3) is 21.8 Å². The fraction of sp³-hybridized carbons (Fsp3) is 0.367. The highest BCUT2D eigenvalue weighted by molar-refractivity contribution is 7.92. The number of sulfonamides is 1. The third kappa shape index (κ3) is 6.48. The molecule has 0 amide bonds. The standard InChI is InChI=1S/C30H27F6N5O4S3/c1-47(42,43)17-10-8-16(9-11-17)38-28-37-15-12-22(39-28)25-24(40-27(46-25)29(13-14-29)30(34,35)36)18-4-2-7-21(23(18)33)41-48(44,45)26-19(31)5-3-6-20(26)32/h2-7,12,15-17,41H,8-11,13-14H2,1H3,(H,37,38,39)/t16-,17+. The van der Waals surface area contributed by atoms with Crippen LogP contribution in [0.15, 0.2) is 53.6 Å². The van der Waals surface area contributed by atoms with E-state index in [0.29, 0.717) is 49.2 Å². The molecule has 9 nitrogen and oxygen atoms in total. The first-order valence-electron chi connectivity index (χ1n) is 14.6. The molecular formula is C30H27F6N5O4S3. The van der Waals surface area contributed by atoms with Crippen molar-refractivity contribution in [2.45, 2.75) is 66.3 Å². The van der Waals surface area contributed by atoms with Crippen LogP contribution in [0.5, 0.6) is 0 Å². The molecule has 48 heavy (non-hydrogen) atoms. The number of alkyl halides is 3. The summed E-state index contributed by atoms with van der Waals surface area (Å²) in [6.45, 7) is 0. The third-order valence-electron chi connectivity index (χ3n) is 8.52. The second kappa shape index (κ2) is 12.3. The number of aromatic nitrogens is 3. The molecule has 0 saturated heterocycles. The number of thiazole rings is 1. The van der Waals surface area contributed by atoms with E-state index in [1.54, 1.807) is 0 Å². The second-order valence-electron chi connectivity index (χ2n) is 11.8. The number of rotatable bonds is 9. The highest BCUT2D eigenvalue weighted by atomic mass is 32.2. The Morgan fingerprint density at radius 2 is 1.54 bits per heavy atom. The lowest BCUT2D eigenvalue weighted by Gasteiger charge is -2.28. The van der Waals surface area contributed by atoms with E-state index in [0.717, 1.165) is 12.1 Å². The molecule has 256 valence electrons. The van der Waals surface area contributed by atoms with Gasteiger partial charge in [0.15, 0.2) is 10.7 Å². The summed E-state index contributed by atoms with van der Waals surface area (Å²) in [6.07, 6.45) is -0.667. The summed E-state index contributed by atoms with van der Waals surface area (Å²) in [5.41, 5.74) is -3.49. The van der Waals surface area contributed by atoms with Crippen LogP contribution >= 0.6 is 11.3 Å². The molecule has 18 heteroatoms. The molecule has 2 aliphatic carbocycles. The van der Waals surface area contributed by atoms with Crippen molar-refractivity contribution in [2.75, 3.05) is 16.3 Å². The van der Waals surface area contributed by atoms with Crippen LogP contribution in [-0.2, 0) is 25.3 Å². The molecule has 0 unspecified atom stereocenters. The number of nitrogens with zero attached hydrogens (tertiary/aromatic N) is 3. The Morgan fingerprint density at radius 1 is 0.896 bits per heavy atom. The maximum absolute atomic E-state index is 16.1. The summed E-state index contributed by atoms with van der Waals surface area (Å²) in [4.78, 5) is 11.6. The van der Waals surface area contributed by atoms with Gasteiger partial charge in [-0.2, -0.15) is 13.2 Å². The van der Waals surface area contributed by atoms with Gasteiger partial charge in [-0.15, -0.1) is 11.3 Å². The number of benzene rings is 2. The van der Waals surface area contributed by atoms with Crippen molar-refractivity contribution in [3.8, 4) is 21.8 Å². The molecule has 6 rings (SSSR count). The van der Waals surface area contributed by atoms with E-state index >= 15 is 4.39 Å². The number of anilines is 2. The van der Waals surface area contributed by atoms with E-state index in [1.807, 2.05) is 4.72 Å². The summed E-state index contributed by atoms with van der Waals surface area (Å²) >= 11 is 0.670. The van der Waals surface area contributed by atoms with Gasteiger partial charge in [0.05, 0.1) is 27.2 Å². The Hall–Kier alpha value is -3.77. The minimum Gasteiger partial charge on any atom is -0.351 e. The lowest BCUT2D eigenvalue weighted by molar-refractivity contribution is -0.160. The molecule has 2 aliphatic rings. The van der Waals surface area contributed by atoms with Gasteiger partial charge in [0.2, 0.25) is 5.95 Å². The van der Waals surface area contributed by atoms with Gasteiger partial charge in [0.1, 0.15) is 31.9 Å². The van der Waals surface area contributed by atoms with E-state index in [4.69, 9.17) is 0 Å². The third-order valence-corrected chi connectivity index (χ3v) is 12.9. The Balaban J connectivity index is 1.38. The molecule has 0 bridgehead atoms. The molecule has 0 radical (unpaired) electrons. The number of hydrogen-bond donors (Lipinski definition) is 2. The van der Waals surface area contributed by atoms with Crippen molar-refractivity contribution in [2.24, 2.45) is 0 Å². The van der Waals surface area contributed by atoms with Gasteiger partial charge in [0.25, 0.3) is 10.0 Å². The zero-order chi connectivity index (χ0) is 34.6. The minimum absolute atomic E-state index is 0.0471. The number of hydrogen-bond acceptors (Lipinski definition) is 9. The number of nitrogens with one attached hydrogen (secondary N) is 2. The highest BCUT2D eigenvalue weighted by Gasteiger charge is 2.66. The van der Waals surface area contributed by atoms with Gasteiger partial charge in [0, 0.05) is 24.1 Å². The SMILES string of the molecule is CS(=O)(=O)[C@H]1CC[C@@H](Nc2nccc(-c3sc(C4(C(F)(F)F)CC4)nc3-c3cccc(NS(=O)(=O)c4c(F)cccc4F)c3F)n2)CC1. The van der Waals surface area contributed by atoms with Crippen molar-refractivity contribution in [3.05, 3.63) is 71.1 Å². The predicted molar refractivity (Wildman–Crippen MR) is 167 cm³/mol. The summed E-state index contributed by atoms with van der Waals surface area (Å²) < 4.78 is 139. The van der Waals surface area contributed by atoms with Crippen LogP contribution in [0, 0.1) is 17.5 Å². The molecule has 2 aromatic carbocycles. The van der Waals surface area contributed by atoms with Crippen molar-refractivity contribution in [1.29, 1.82) is 0 Å². The fourth-order valence-electron chi connectivity index (χ4n) is 5.73. The van der Waals surface area contributed by atoms with Gasteiger partial charge in [-0.3, -0.25) is 4.72 Å². The van der Waals surface area contributed by atoms with Crippen LogP contribution in [0.2, 0.25) is 0 Å². The lowest BCUT2D eigenvalue weighted by atomic mass is 9.95. The molecule has 2 aromatic heterocycles. The molecule has 0 atom stereocenters. The first kappa shape index (κ1) is 34.1. The fourth-order valence-corrected chi connectivity index (χ4v) is 9.37. The topological polar surface area (TPSA) is 131 Å². The van der Waals surface area contributed by atoms with Crippen molar-refractivity contribution < 1.29 is 43.2 Å². The summed E-state index contributed by atoms with van der Waals surface area (Å²) in [5.74, 6) is -3.96. The van der Waals surface area contributed by atoms with Crippen LogP contribution < -0.4 is 10.0 Å². The quantitative estimate of drug-likeness (QED) is 0.179. The highest BCUT2D eigenvalue weighted by Crippen LogP contribution is 2.61. The van der Waals surface area contributed by atoms with Crippen LogP contribution in [-0.4, -0.2) is 55.5 Å². The lowest BCUT2D eigenvalue weighted by Crippen LogP contribution is -2.32. The van der Waals surface area contributed by atoms with E-state index < -0.39 is 64.7 Å². The zero-order valence-electron chi connectivity index (χ0n) is 25.0. The van der Waals surface area contributed by atoms with E-state index in [9.17, 15) is 38.8 Å². The van der Waals surface area contributed by atoms with E-state index in [1.165, 1.54) is 30.7 Å². The van der Waals surface area contributed by atoms with Crippen LogP contribution in [0.4, 0.5) is 38.0 Å². The van der Waals surface area contributed by atoms with Crippen molar-refractivity contribution >= 4 is 42.8 Å². The predicted octanol–water partition coefficient (Wildman–Crippen LogP) is 6.85. The monoisotopic (exact) mass is 731 g/mol. The zero-order valence-corrected chi connectivity index (χ0v) is 27.4. The largest absolute Gasteiger partial charge is 0.400 e. The molecular weight excluding hydrogens is 705 g/mol. The smallest absolute Gasteiger partial charge is 0.351 e. The van der Waals surface area contributed by atoms with Gasteiger partial charge >= 0.3 is 6.18 Å². The summed E-state index contributed by atoms with van der Waals surface area (Å²) in [5, 5.41) is 2.36. The molecule has 4 aromatic rings. The Labute approximate surface area is 275 Å². The molecule has 2 heterocycles. The average Bonchev–Trinajstić information content (AvgIpc) is 3.71. The molecule has 2 N–H and O–H groups in total. The Bertz CT molecular complexity index is 2080. The van der Waals surface area contributed by atoms with E-state index in [-0.39, 0.29) is 51.7 Å². The van der Waals surface area contributed by atoms with Crippen LogP contribution in [0.1, 0.15) is 43.5 Å².